The molecule has 0 radical (unpaired) electrons. The van der Waals surface area contributed by atoms with E-state index in [9.17, 15) is 9.59 Å². The third-order valence-electron chi connectivity index (χ3n) is 2.92. The molecular formula is C16H16INO6. The first-order valence-electron chi connectivity index (χ1n) is 7.09. The minimum absolute atomic E-state index is 0.217. The van der Waals surface area contributed by atoms with E-state index < -0.39 is 11.9 Å². The molecule has 0 aromatic heterocycles. The number of halogens is 1. The summed E-state index contributed by atoms with van der Waals surface area (Å²) in [6, 6.07) is 3.50. The number of esters is 2. The summed E-state index contributed by atoms with van der Waals surface area (Å²) in [5.74, 6) is 0.236. The van der Waals surface area contributed by atoms with E-state index in [1.54, 1.807) is 25.1 Å². The normalized spacial score (nSPS) is 15.1. The van der Waals surface area contributed by atoms with Crippen LogP contribution >= 0.6 is 22.6 Å². The fraction of sp³-hybridized carbons (Fsp3) is 0.312. The van der Waals surface area contributed by atoms with Crippen molar-refractivity contribution in [1.29, 1.82) is 0 Å². The molecule has 128 valence electrons. The number of methoxy groups -OCH3 is 1. The number of rotatable bonds is 6. The van der Waals surface area contributed by atoms with Gasteiger partial charge in [-0.3, -0.25) is 0 Å². The Kier molecular flexibility index (Phi) is 6.18. The number of hydrogen-bond acceptors (Lipinski definition) is 7. The Morgan fingerprint density at radius 3 is 2.71 bits per heavy atom. The zero-order valence-corrected chi connectivity index (χ0v) is 15.6. The second-order valence-electron chi connectivity index (χ2n) is 4.68. The van der Waals surface area contributed by atoms with Crippen LogP contribution in [-0.2, 0) is 19.1 Å². The van der Waals surface area contributed by atoms with Crippen molar-refractivity contribution in [2.45, 2.75) is 13.8 Å². The molecule has 0 amide bonds. The zero-order valence-electron chi connectivity index (χ0n) is 13.4. The largest absolute Gasteiger partial charge is 0.490 e. The second kappa shape index (κ2) is 8.13. The quantitative estimate of drug-likeness (QED) is 0.380. The summed E-state index contributed by atoms with van der Waals surface area (Å²) in [5.41, 5.74) is 0.924. The molecule has 0 saturated heterocycles. The first-order chi connectivity index (χ1) is 11.4. The van der Waals surface area contributed by atoms with Crippen LogP contribution in [0.5, 0.6) is 11.5 Å². The fourth-order valence-electron chi connectivity index (χ4n) is 1.94. The maximum Gasteiger partial charge on any atom is 0.363 e. The lowest BCUT2D eigenvalue weighted by molar-refractivity contribution is -0.143. The van der Waals surface area contributed by atoms with Gasteiger partial charge in [0.05, 0.1) is 17.3 Å². The van der Waals surface area contributed by atoms with Gasteiger partial charge in [-0.05, 0) is 53.3 Å². The molecule has 0 aliphatic carbocycles. The highest BCUT2D eigenvalue weighted by molar-refractivity contribution is 14.1. The predicted octanol–water partition coefficient (Wildman–Crippen LogP) is 2.56. The molecule has 0 saturated carbocycles. The lowest BCUT2D eigenvalue weighted by Crippen LogP contribution is -2.14. The van der Waals surface area contributed by atoms with Crippen molar-refractivity contribution in [3.8, 4) is 11.5 Å². The van der Waals surface area contributed by atoms with Gasteiger partial charge < -0.3 is 18.9 Å². The third-order valence-corrected chi connectivity index (χ3v) is 3.73. The molecule has 1 heterocycles. The highest BCUT2D eigenvalue weighted by Crippen LogP contribution is 2.35. The Morgan fingerprint density at radius 1 is 1.38 bits per heavy atom. The Hall–Kier alpha value is -2.10. The van der Waals surface area contributed by atoms with Gasteiger partial charge in [0.15, 0.2) is 29.7 Å². The summed E-state index contributed by atoms with van der Waals surface area (Å²) >= 11 is 2.07. The SMILES string of the molecule is CCOc1cc(/C=C2\N=C(C)OC2=O)cc(I)c1OCC(=O)OC. The van der Waals surface area contributed by atoms with Crippen LogP contribution in [0, 0.1) is 3.57 Å². The van der Waals surface area contributed by atoms with Crippen LogP contribution < -0.4 is 9.47 Å². The smallest absolute Gasteiger partial charge is 0.363 e. The number of aliphatic imine (C=N–C) groups is 1. The summed E-state index contributed by atoms with van der Waals surface area (Å²) in [4.78, 5) is 26.9. The van der Waals surface area contributed by atoms with Gasteiger partial charge in [-0.1, -0.05) is 0 Å². The molecule has 0 N–H and O–H groups in total. The molecule has 0 bridgehead atoms. The van der Waals surface area contributed by atoms with E-state index in [4.69, 9.17) is 14.2 Å². The average Bonchev–Trinajstić information content (AvgIpc) is 2.84. The van der Waals surface area contributed by atoms with E-state index in [1.807, 2.05) is 6.92 Å². The van der Waals surface area contributed by atoms with Crippen LogP contribution in [0.2, 0.25) is 0 Å². The van der Waals surface area contributed by atoms with E-state index in [1.165, 1.54) is 7.11 Å². The van der Waals surface area contributed by atoms with Gasteiger partial charge in [0.25, 0.3) is 0 Å². The Balaban J connectivity index is 2.34. The molecule has 0 unspecified atom stereocenters. The number of cyclic esters (lactones) is 1. The van der Waals surface area contributed by atoms with Crippen molar-refractivity contribution in [1.82, 2.24) is 0 Å². The third kappa shape index (κ3) is 4.47. The van der Waals surface area contributed by atoms with Crippen LogP contribution in [0.3, 0.4) is 0 Å². The molecule has 1 aliphatic rings. The van der Waals surface area contributed by atoms with Crippen molar-refractivity contribution in [2.75, 3.05) is 20.3 Å². The first kappa shape index (κ1) is 18.2. The summed E-state index contributed by atoms with van der Waals surface area (Å²) in [6.07, 6.45) is 1.60. The van der Waals surface area contributed by atoms with Gasteiger partial charge in [0.1, 0.15) is 0 Å². The summed E-state index contributed by atoms with van der Waals surface area (Å²) in [6.45, 7) is 3.65. The van der Waals surface area contributed by atoms with Crippen molar-refractivity contribution < 1.29 is 28.5 Å². The van der Waals surface area contributed by atoms with Crippen molar-refractivity contribution in [3.63, 3.8) is 0 Å². The molecule has 1 aliphatic heterocycles. The Bertz CT molecular complexity index is 726. The maximum atomic E-state index is 11.6. The molecule has 0 fully saturated rings. The highest BCUT2D eigenvalue weighted by atomic mass is 127. The number of ether oxygens (including phenoxy) is 4. The molecule has 0 spiro atoms. The zero-order chi connectivity index (χ0) is 17.7. The van der Waals surface area contributed by atoms with Crippen LogP contribution in [0.4, 0.5) is 0 Å². The number of benzene rings is 1. The molecule has 7 nitrogen and oxygen atoms in total. The molecule has 8 heteroatoms. The summed E-state index contributed by atoms with van der Waals surface area (Å²) in [5, 5.41) is 0. The minimum atomic E-state index is -0.494. The minimum Gasteiger partial charge on any atom is -0.490 e. The van der Waals surface area contributed by atoms with Crippen LogP contribution in [0.15, 0.2) is 22.8 Å². The number of hydrogen-bond donors (Lipinski definition) is 0. The molecule has 0 atom stereocenters. The Labute approximate surface area is 152 Å². The monoisotopic (exact) mass is 445 g/mol. The van der Waals surface area contributed by atoms with E-state index in [2.05, 4.69) is 32.3 Å². The molecule has 1 aromatic rings. The van der Waals surface area contributed by atoms with E-state index in [-0.39, 0.29) is 12.3 Å². The van der Waals surface area contributed by atoms with Gasteiger partial charge in [-0.15, -0.1) is 0 Å². The van der Waals surface area contributed by atoms with Crippen LogP contribution in [0.1, 0.15) is 19.4 Å². The van der Waals surface area contributed by atoms with E-state index in [0.717, 1.165) is 3.57 Å². The number of carbonyl (C=O) groups is 2. The first-order valence-corrected chi connectivity index (χ1v) is 8.17. The van der Waals surface area contributed by atoms with Gasteiger partial charge in [-0.25, -0.2) is 14.6 Å². The second-order valence-corrected chi connectivity index (χ2v) is 5.84. The number of carbonyl (C=O) groups excluding carboxylic acids is 2. The fourth-order valence-corrected chi connectivity index (χ4v) is 2.72. The lowest BCUT2D eigenvalue weighted by Gasteiger charge is -2.14. The summed E-state index contributed by atoms with van der Waals surface area (Å²) in [7, 11) is 1.29. The van der Waals surface area contributed by atoms with Crippen LogP contribution in [0.25, 0.3) is 6.08 Å². The van der Waals surface area contributed by atoms with Crippen molar-refractivity contribution in [2.24, 2.45) is 4.99 Å². The Morgan fingerprint density at radius 2 is 2.12 bits per heavy atom. The summed E-state index contributed by atoms with van der Waals surface area (Å²) < 4.78 is 21.2. The maximum absolute atomic E-state index is 11.6. The lowest BCUT2D eigenvalue weighted by atomic mass is 10.1. The topological polar surface area (TPSA) is 83.4 Å². The average molecular weight is 445 g/mol. The van der Waals surface area contributed by atoms with E-state index >= 15 is 0 Å². The standard InChI is InChI=1S/C16H16INO6/c1-4-22-13-7-10(6-12-16(20)24-9(2)18-12)5-11(17)15(13)23-8-14(19)21-3/h5-7H,4,8H2,1-3H3/b12-6-. The van der Waals surface area contributed by atoms with E-state index in [0.29, 0.717) is 29.6 Å². The van der Waals surface area contributed by atoms with Gasteiger partial charge in [-0.2, -0.15) is 0 Å². The number of nitrogens with zero attached hydrogens (tertiary/aromatic N) is 1. The van der Waals surface area contributed by atoms with Crippen molar-refractivity contribution >= 4 is 46.5 Å². The predicted molar refractivity (Wildman–Crippen MR) is 95.0 cm³/mol. The molecule has 1 aromatic carbocycles. The van der Waals surface area contributed by atoms with Gasteiger partial charge in [0, 0.05) is 6.92 Å². The van der Waals surface area contributed by atoms with Crippen molar-refractivity contribution in [3.05, 3.63) is 27.0 Å². The molecule has 2 rings (SSSR count). The molecule has 24 heavy (non-hydrogen) atoms. The molecular weight excluding hydrogens is 429 g/mol. The van der Waals surface area contributed by atoms with Crippen LogP contribution in [-0.4, -0.2) is 38.2 Å². The van der Waals surface area contributed by atoms with Gasteiger partial charge >= 0.3 is 11.9 Å². The highest BCUT2D eigenvalue weighted by Gasteiger charge is 2.20. The van der Waals surface area contributed by atoms with Gasteiger partial charge in [0.2, 0.25) is 0 Å².